The number of carbonyl (C=O) groups is 1. The van der Waals surface area contributed by atoms with Crippen molar-refractivity contribution in [3.05, 3.63) is 111 Å². The number of H-pyrrole nitrogens is 1. The summed E-state index contributed by atoms with van der Waals surface area (Å²) in [6.45, 7) is 10.6. The van der Waals surface area contributed by atoms with Crippen LogP contribution in [-0.4, -0.2) is 10.9 Å². The molecule has 4 aromatic rings. The second kappa shape index (κ2) is 8.70. The molecule has 0 fully saturated rings. The summed E-state index contributed by atoms with van der Waals surface area (Å²) in [7, 11) is 0. The van der Waals surface area contributed by atoms with Crippen molar-refractivity contribution in [3.8, 4) is 0 Å². The molecule has 4 rings (SSSR count). The van der Waals surface area contributed by atoms with Crippen molar-refractivity contribution in [1.29, 1.82) is 0 Å². The van der Waals surface area contributed by atoms with Gasteiger partial charge in [-0.2, -0.15) is 0 Å². The van der Waals surface area contributed by atoms with Gasteiger partial charge in [0.2, 0.25) is 0 Å². The van der Waals surface area contributed by atoms with Crippen LogP contribution < -0.4 is 10.5 Å². The average molecular weight is 439 g/mol. The Bertz CT molecular complexity index is 1380. The smallest absolute Gasteiger partial charge is 0.258 e. The Kier molecular flexibility index (Phi) is 5.94. The number of aromatic amines is 1. The third-order valence-corrected chi connectivity index (χ3v) is 6.05. The van der Waals surface area contributed by atoms with Crippen molar-refractivity contribution >= 4 is 22.5 Å². The number of hydrogen-bond donors (Lipinski definition) is 1. The number of benzene rings is 3. The van der Waals surface area contributed by atoms with Gasteiger partial charge in [-0.3, -0.25) is 9.59 Å². The lowest BCUT2D eigenvalue weighted by molar-refractivity contribution is 0.0985. The number of rotatable bonds is 4. The lowest BCUT2D eigenvalue weighted by Crippen LogP contribution is -2.33. The van der Waals surface area contributed by atoms with Gasteiger partial charge >= 0.3 is 0 Å². The fourth-order valence-electron chi connectivity index (χ4n) is 4.06. The van der Waals surface area contributed by atoms with Crippen LogP contribution in [0.5, 0.6) is 0 Å². The third kappa shape index (κ3) is 4.75. The fourth-order valence-corrected chi connectivity index (χ4v) is 4.06. The highest BCUT2D eigenvalue weighted by Gasteiger charge is 2.21. The van der Waals surface area contributed by atoms with Crippen molar-refractivity contribution in [2.75, 3.05) is 4.90 Å². The van der Waals surface area contributed by atoms with Crippen LogP contribution in [0, 0.1) is 13.8 Å². The highest BCUT2D eigenvalue weighted by atomic mass is 16.2. The zero-order chi connectivity index (χ0) is 23.8. The summed E-state index contributed by atoms with van der Waals surface area (Å²) in [4.78, 5) is 31.3. The zero-order valence-electron chi connectivity index (χ0n) is 19.9. The summed E-state index contributed by atoms with van der Waals surface area (Å²) in [6.07, 6.45) is 0. The van der Waals surface area contributed by atoms with Gasteiger partial charge in [-0.15, -0.1) is 0 Å². The number of nitrogens with one attached hydrogen (secondary N) is 1. The maximum atomic E-state index is 13.7. The average Bonchev–Trinajstić information content (AvgIpc) is 2.77. The van der Waals surface area contributed by atoms with E-state index in [1.165, 1.54) is 5.56 Å². The van der Waals surface area contributed by atoms with Crippen LogP contribution in [0.2, 0.25) is 0 Å². The molecular weight excluding hydrogens is 408 g/mol. The molecule has 3 aromatic carbocycles. The molecular formula is C29H30N2O2. The molecule has 0 radical (unpaired) electrons. The van der Waals surface area contributed by atoms with Crippen LogP contribution in [0.25, 0.3) is 10.9 Å². The SMILES string of the molecule is Cc1cccc(N(Cc2cc3cccc(C)c3[nH]c2=O)C(=O)c2ccc(C(C)(C)C)cc2)c1. The van der Waals surface area contributed by atoms with Crippen LogP contribution >= 0.6 is 0 Å². The molecule has 0 saturated heterocycles. The molecule has 168 valence electrons. The monoisotopic (exact) mass is 438 g/mol. The number of amides is 1. The molecule has 0 unspecified atom stereocenters. The van der Waals surface area contributed by atoms with Crippen molar-refractivity contribution in [3.63, 3.8) is 0 Å². The maximum absolute atomic E-state index is 13.7. The van der Waals surface area contributed by atoms with E-state index < -0.39 is 0 Å². The van der Waals surface area contributed by atoms with E-state index in [9.17, 15) is 9.59 Å². The Balaban J connectivity index is 1.76. The first-order valence-electron chi connectivity index (χ1n) is 11.2. The molecule has 0 spiro atoms. The van der Waals surface area contributed by atoms with Crippen LogP contribution in [0.4, 0.5) is 5.69 Å². The Morgan fingerprint density at radius 2 is 1.61 bits per heavy atom. The van der Waals surface area contributed by atoms with Crippen molar-refractivity contribution in [2.45, 2.75) is 46.6 Å². The van der Waals surface area contributed by atoms with Gasteiger partial charge < -0.3 is 9.88 Å². The topological polar surface area (TPSA) is 53.2 Å². The summed E-state index contributed by atoms with van der Waals surface area (Å²) in [5.74, 6) is -0.134. The standard InChI is InChI=1S/C29H30N2O2/c1-19-8-6-11-25(16-19)31(28(33)21-12-14-24(15-13-21)29(3,4)5)18-23-17-22-10-7-9-20(2)26(22)30-27(23)32/h6-17H,18H2,1-5H3,(H,30,32). The van der Waals surface area contributed by atoms with E-state index in [2.05, 4.69) is 25.8 Å². The minimum Gasteiger partial charge on any atom is -0.321 e. The second-order valence-electron chi connectivity index (χ2n) is 9.72. The number of carbonyl (C=O) groups excluding carboxylic acids is 1. The summed E-state index contributed by atoms with van der Waals surface area (Å²) >= 11 is 0. The highest BCUT2D eigenvalue weighted by molar-refractivity contribution is 6.06. The quantitative estimate of drug-likeness (QED) is 0.407. The van der Waals surface area contributed by atoms with Crippen molar-refractivity contribution < 1.29 is 4.79 Å². The van der Waals surface area contributed by atoms with Gasteiger partial charge in [0.25, 0.3) is 11.5 Å². The zero-order valence-corrected chi connectivity index (χ0v) is 19.9. The van der Waals surface area contributed by atoms with Gasteiger partial charge in [0.15, 0.2) is 0 Å². The van der Waals surface area contributed by atoms with Gasteiger partial charge in [0.05, 0.1) is 12.1 Å². The van der Waals surface area contributed by atoms with E-state index in [4.69, 9.17) is 0 Å². The number of anilines is 1. The van der Waals surface area contributed by atoms with Crippen LogP contribution in [0.1, 0.15) is 53.4 Å². The first kappa shape index (κ1) is 22.5. The van der Waals surface area contributed by atoms with Crippen molar-refractivity contribution in [2.24, 2.45) is 0 Å². The van der Waals surface area contributed by atoms with Gasteiger partial charge in [-0.25, -0.2) is 0 Å². The Labute approximate surface area is 194 Å². The number of nitrogens with zero attached hydrogens (tertiary/aromatic N) is 1. The Morgan fingerprint density at radius 1 is 0.909 bits per heavy atom. The number of aromatic nitrogens is 1. The maximum Gasteiger partial charge on any atom is 0.258 e. The summed E-state index contributed by atoms with van der Waals surface area (Å²) in [5, 5.41) is 0.954. The number of pyridine rings is 1. The normalized spacial score (nSPS) is 11.5. The number of hydrogen-bond acceptors (Lipinski definition) is 2. The van der Waals surface area contributed by atoms with Crippen LogP contribution in [0.3, 0.4) is 0 Å². The number of fused-ring (bicyclic) bond motifs is 1. The van der Waals surface area contributed by atoms with E-state index in [0.29, 0.717) is 11.1 Å². The van der Waals surface area contributed by atoms with Crippen LogP contribution in [0.15, 0.2) is 77.6 Å². The van der Waals surface area contributed by atoms with Gasteiger partial charge in [0, 0.05) is 16.8 Å². The molecule has 0 aliphatic heterocycles. The Morgan fingerprint density at radius 3 is 2.27 bits per heavy atom. The van der Waals surface area contributed by atoms with Gasteiger partial charge in [0.1, 0.15) is 0 Å². The van der Waals surface area contributed by atoms with E-state index >= 15 is 0 Å². The molecule has 0 bridgehead atoms. The summed E-state index contributed by atoms with van der Waals surface area (Å²) in [6, 6.07) is 23.4. The molecule has 33 heavy (non-hydrogen) atoms. The summed E-state index contributed by atoms with van der Waals surface area (Å²) < 4.78 is 0. The largest absolute Gasteiger partial charge is 0.321 e. The fraction of sp³-hybridized carbons (Fsp3) is 0.241. The molecule has 0 aliphatic carbocycles. The molecule has 1 heterocycles. The van der Waals surface area contributed by atoms with E-state index in [0.717, 1.165) is 27.7 Å². The molecule has 0 aliphatic rings. The highest BCUT2D eigenvalue weighted by Crippen LogP contribution is 2.25. The predicted molar refractivity (Wildman–Crippen MR) is 136 cm³/mol. The first-order valence-corrected chi connectivity index (χ1v) is 11.2. The molecule has 1 N–H and O–H groups in total. The minimum absolute atomic E-state index is 0.00826. The molecule has 0 saturated carbocycles. The minimum atomic E-state index is -0.176. The van der Waals surface area contributed by atoms with E-state index in [-0.39, 0.29) is 23.4 Å². The number of para-hydroxylation sites is 1. The van der Waals surface area contributed by atoms with E-state index in [1.54, 1.807) is 4.90 Å². The lowest BCUT2D eigenvalue weighted by Gasteiger charge is -2.24. The first-order chi connectivity index (χ1) is 15.6. The number of aryl methyl sites for hydroxylation is 2. The molecule has 1 aromatic heterocycles. The van der Waals surface area contributed by atoms with Crippen molar-refractivity contribution in [1.82, 2.24) is 4.98 Å². The lowest BCUT2D eigenvalue weighted by atomic mass is 9.86. The Hall–Kier alpha value is -3.66. The molecule has 0 atom stereocenters. The summed E-state index contributed by atoms with van der Waals surface area (Å²) in [5.41, 5.74) is 5.81. The molecule has 1 amide bonds. The third-order valence-electron chi connectivity index (χ3n) is 6.05. The predicted octanol–water partition coefficient (Wildman–Crippen LogP) is 6.29. The molecule has 4 heteroatoms. The second-order valence-corrected chi connectivity index (χ2v) is 9.72. The van der Waals surface area contributed by atoms with Crippen LogP contribution in [-0.2, 0) is 12.0 Å². The van der Waals surface area contributed by atoms with Gasteiger partial charge in [-0.1, -0.05) is 63.2 Å². The molecule has 4 nitrogen and oxygen atoms in total. The van der Waals surface area contributed by atoms with E-state index in [1.807, 2.05) is 86.6 Å². The van der Waals surface area contributed by atoms with Gasteiger partial charge in [-0.05, 0) is 71.7 Å².